The maximum atomic E-state index is 2.40. The van der Waals surface area contributed by atoms with Gasteiger partial charge in [-0.15, -0.1) is 0 Å². The third-order valence-electron chi connectivity index (χ3n) is 8.29. The van der Waals surface area contributed by atoms with Gasteiger partial charge >= 0.3 is 0 Å². The first-order valence-electron chi connectivity index (χ1n) is 16.5. The lowest BCUT2D eigenvalue weighted by Crippen LogP contribution is -1.95. The highest BCUT2D eigenvalue weighted by Crippen LogP contribution is 2.35. The summed E-state index contributed by atoms with van der Waals surface area (Å²) in [5, 5.41) is 11.5. The molecule has 0 aromatic heterocycles. The Morgan fingerprint density at radius 1 is 0.310 bits per heavy atom. The van der Waals surface area contributed by atoms with Crippen molar-refractivity contribution in [3.05, 3.63) is 119 Å². The van der Waals surface area contributed by atoms with Crippen LogP contribution in [0.15, 0.2) is 91.0 Å². The van der Waals surface area contributed by atoms with Crippen LogP contribution in [0.4, 0.5) is 0 Å². The highest BCUT2D eigenvalue weighted by atomic mass is 14.2. The Balaban J connectivity index is 0.000000207. The standard InChI is InChI=1S/C20H22.C18H18.2C2H6/c1-4-14-11-12-19-15(5-2)17-9-7-8-10-18(17)16(6-3)20(19)13-14;1-3-13-15-9-5-7-11-17(15)14(4-2)18-12-8-6-10-16(13)18;2*1-2/h7-13H,4-6H2,1-3H3;5-12H,3-4H2,1-2H3;2*1-2H3. The fourth-order valence-corrected chi connectivity index (χ4v) is 6.46. The fourth-order valence-electron chi connectivity index (χ4n) is 6.46. The molecule has 6 aromatic carbocycles. The topological polar surface area (TPSA) is 0 Å². The van der Waals surface area contributed by atoms with E-state index in [1.54, 1.807) is 0 Å². The lowest BCUT2D eigenvalue weighted by Gasteiger charge is -2.16. The molecule has 0 unspecified atom stereocenters. The van der Waals surface area contributed by atoms with Gasteiger partial charge in [0, 0.05) is 0 Å². The van der Waals surface area contributed by atoms with Gasteiger partial charge in [-0.2, -0.15) is 0 Å². The van der Waals surface area contributed by atoms with Gasteiger partial charge in [0.1, 0.15) is 0 Å². The molecule has 0 bridgehead atoms. The predicted molar refractivity (Wildman–Crippen MR) is 192 cm³/mol. The molecule has 0 amide bonds. The average Bonchev–Trinajstić information content (AvgIpc) is 3.07. The molecule has 0 radical (unpaired) electrons. The van der Waals surface area contributed by atoms with Gasteiger partial charge in [0.2, 0.25) is 0 Å². The van der Waals surface area contributed by atoms with Crippen LogP contribution in [0.1, 0.15) is 90.1 Å². The number of hydrogen-bond acceptors (Lipinski definition) is 0. The molecule has 0 nitrogen and oxygen atoms in total. The molecule has 6 rings (SSSR count). The molecule has 0 aliphatic rings. The van der Waals surface area contributed by atoms with Crippen molar-refractivity contribution in [2.24, 2.45) is 0 Å². The minimum Gasteiger partial charge on any atom is -0.0683 e. The zero-order valence-corrected chi connectivity index (χ0v) is 27.7. The quantitative estimate of drug-likeness (QED) is 0.185. The number of benzene rings is 6. The highest BCUT2D eigenvalue weighted by Gasteiger charge is 2.12. The number of hydrogen-bond donors (Lipinski definition) is 0. The van der Waals surface area contributed by atoms with Crippen molar-refractivity contribution in [2.75, 3.05) is 0 Å². The molecule has 0 saturated carbocycles. The zero-order valence-electron chi connectivity index (χ0n) is 27.7. The van der Waals surface area contributed by atoms with Gasteiger partial charge < -0.3 is 0 Å². The third-order valence-corrected chi connectivity index (χ3v) is 8.29. The van der Waals surface area contributed by atoms with E-state index in [0.717, 1.165) is 32.1 Å². The van der Waals surface area contributed by atoms with Crippen LogP contribution in [0.5, 0.6) is 0 Å². The summed E-state index contributed by atoms with van der Waals surface area (Å²) in [4.78, 5) is 0. The van der Waals surface area contributed by atoms with Crippen molar-refractivity contribution < 1.29 is 0 Å². The van der Waals surface area contributed by atoms with E-state index >= 15 is 0 Å². The van der Waals surface area contributed by atoms with E-state index in [1.165, 1.54) is 70.9 Å². The predicted octanol–water partition coefficient (Wildman–Crippen LogP) is 12.9. The fraction of sp³-hybridized carbons (Fsp3) is 0.333. The van der Waals surface area contributed by atoms with E-state index in [9.17, 15) is 0 Å². The number of rotatable bonds is 5. The monoisotopic (exact) mass is 556 g/mol. The van der Waals surface area contributed by atoms with Gasteiger partial charge in [0.05, 0.1) is 0 Å². The Labute approximate surface area is 255 Å². The second-order valence-electron chi connectivity index (χ2n) is 10.2. The van der Waals surface area contributed by atoms with Crippen LogP contribution in [0, 0.1) is 0 Å². The van der Waals surface area contributed by atoms with Gasteiger partial charge in [-0.1, -0.05) is 153 Å². The molecule has 0 aliphatic heterocycles. The van der Waals surface area contributed by atoms with Crippen LogP contribution in [-0.4, -0.2) is 0 Å². The van der Waals surface area contributed by atoms with Crippen LogP contribution in [0.3, 0.4) is 0 Å². The minimum atomic E-state index is 1.09. The van der Waals surface area contributed by atoms with E-state index in [4.69, 9.17) is 0 Å². The lowest BCUT2D eigenvalue weighted by atomic mass is 9.88. The molecule has 0 N–H and O–H groups in total. The van der Waals surface area contributed by atoms with Crippen molar-refractivity contribution in [3.8, 4) is 0 Å². The first-order valence-corrected chi connectivity index (χ1v) is 16.5. The Morgan fingerprint density at radius 2 is 0.571 bits per heavy atom. The Morgan fingerprint density at radius 3 is 0.833 bits per heavy atom. The van der Waals surface area contributed by atoms with Crippen LogP contribution in [0.25, 0.3) is 43.1 Å². The summed E-state index contributed by atoms with van der Waals surface area (Å²) >= 11 is 0. The van der Waals surface area contributed by atoms with Crippen LogP contribution in [-0.2, 0) is 32.1 Å². The van der Waals surface area contributed by atoms with Crippen LogP contribution >= 0.6 is 0 Å². The average molecular weight is 557 g/mol. The van der Waals surface area contributed by atoms with E-state index in [-0.39, 0.29) is 0 Å². The molecule has 220 valence electrons. The summed E-state index contributed by atoms with van der Waals surface area (Å²) in [6.45, 7) is 19.3. The molecular weight excluding hydrogens is 504 g/mol. The normalized spacial score (nSPS) is 10.5. The molecule has 6 aromatic rings. The minimum absolute atomic E-state index is 1.09. The summed E-state index contributed by atoms with van der Waals surface area (Å²) in [6, 6.07) is 33.6. The van der Waals surface area contributed by atoms with Gasteiger partial charge in [-0.05, 0) is 103 Å². The zero-order chi connectivity index (χ0) is 30.6. The highest BCUT2D eigenvalue weighted by molar-refractivity contribution is 6.07. The smallest absolute Gasteiger partial charge is 0.0140 e. The number of fused-ring (bicyclic) bond motifs is 4. The van der Waals surface area contributed by atoms with Crippen molar-refractivity contribution in [2.45, 2.75) is 94.4 Å². The van der Waals surface area contributed by atoms with Gasteiger partial charge in [0.15, 0.2) is 0 Å². The summed E-state index contributed by atoms with van der Waals surface area (Å²) in [5.74, 6) is 0. The molecule has 0 aliphatic carbocycles. The molecule has 0 saturated heterocycles. The second-order valence-corrected chi connectivity index (χ2v) is 10.2. The van der Waals surface area contributed by atoms with Crippen molar-refractivity contribution >= 4 is 43.1 Å². The molecule has 42 heavy (non-hydrogen) atoms. The second kappa shape index (κ2) is 16.1. The summed E-state index contributed by atoms with van der Waals surface area (Å²) < 4.78 is 0. The summed E-state index contributed by atoms with van der Waals surface area (Å²) in [7, 11) is 0. The summed E-state index contributed by atoms with van der Waals surface area (Å²) in [5.41, 5.74) is 7.40. The van der Waals surface area contributed by atoms with Crippen molar-refractivity contribution in [1.82, 2.24) is 0 Å². The Kier molecular flexibility index (Phi) is 12.6. The molecular formula is C42H52. The van der Waals surface area contributed by atoms with Crippen LogP contribution < -0.4 is 0 Å². The molecule has 0 atom stereocenters. The van der Waals surface area contributed by atoms with Gasteiger partial charge in [-0.25, -0.2) is 0 Å². The van der Waals surface area contributed by atoms with Crippen molar-refractivity contribution in [1.29, 1.82) is 0 Å². The van der Waals surface area contributed by atoms with E-state index in [2.05, 4.69) is 126 Å². The summed E-state index contributed by atoms with van der Waals surface area (Å²) in [6.07, 6.45) is 5.46. The maximum absolute atomic E-state index is 2.40. The number of aryl methyl sites for hydroxylation is 5. The lowest BCUT2D eigenvalue weighted by molar-refractivity contribution is 1.13. The van der Waals surface area contributed by atoms with Gasteiger partial charge in [0.25, 0.3) is 0 Å². The molecule has 0 fully saturated rings. The van der Waals surface area contributed by atoms with Crippen molar-refractivity contribution in [3.63, 3.8) is 0 Å². The van der Waals surface area contributed by atoms with E-state index in [1.807, 2.05) is 27.7 Å². The molecule has 0 heteroatoms. The Bertz CT molecular complexity index is 1620. The SMILES string of the molecule is CC.CC.CCc1c2ccccc2c(CC)c2ccccc12.CCc1ccc2c(CC)c3ccccc3c(CC)c2c1. The largest absolute Gasteiger partial charge is 0.0683 e. The maximum Gasteiger partial charge on any atom is -0.0140 e. The Hall–Kier alpha value is -3.64. The van der Waals surface area contributed by atoms with E-state index in [0.29, 0.717) is 0 Å². The first kappa shape index (κ1) is 32.9. The van der Waals surface area contributed by atoms with Crippen LogP contribution in [0.2, 0.25) is 0 Å². The van der Waals surface area contributed by atoms with Gasteiger partial charge in [-0.3, -0.25) is 0 Å². The molecule has 0 spiro atoms. The molecule has 0 heterocycles. The van der Waals surface area contributed by atoms with E-state index < -0.39 is 0 Å². The third kappa shape index (κ3) is 6.39. The first-order chi connectivity index (χ1) is 20.7.